The van der Waals surface area contributed by atoms with Crippen LogP contribution in [0.25, 0.3) is 0 Å². The molecular weight excluding hydrogens is 394 g/mol. The molecule has 1 rings (SSSR count). The molecule has 0 fully saturated rings. The van der Waals surface area contributed by atoms with Gasteiger partial charge in [0.1, 0.15) is 5.75 Å². The van der Waals surface area contributed by atoms with E-state index in [1.165, 1.54) is 6.92 Å². The van der Waals surface area contributed by atoms with Crippen molar-refractivity contribution in [3.8, 4) is 5.75 Å². The average Bonchev–Trinajstić information content (AvgIpc) is 2.66. The van der Waals surface area contributed by atoms with Crippen molar-refractivity contribution in [3.05, 3.63) is 23.8 Å². The van der Waals surface area contributed by atoms with Crippen LogP contribution in [-0.4, -0.2) is 64.5 Å². The minimum absolute atomic E-state index is 0.0197. The molecule has 9 heteroatoms. The molecule has 2 amide bonds. The number of nitrogens with one attached hydrogen (secondary N) is 1. The van der Waals surface area contributed by atoms with Crippen LogP contribution < -0.4 is 14.4 Å². The molecule has 0 atom stereocenters. The molecule has 1 N–H and O–H groups in total. The predicted octanol–water partition coefficient (Wildman–Crippen LogP) is 2.83. The summed E-state index contributed by atoms with van der Waals surface area (Å²) in [5.74, 6) is 0.111. The van der Waals surface area contributed by atoms with E-state index in [2.05, 4.69) is 10.2 Å². The molecule has 0 heterocycles. The second kappa shape index (κ2) is 11.9. The number of carbonyl (C=O) groups is 1. The molecule has 0 aliphatic carbocycles. The SMILES string of the molecule is CCN(CC)c1ccc(CN(CCOC)C(=O)NC(C)C)c(OS(=O)(=O)CC)c1. The van der Waals surface area contributed by atoms with Gasteiger partial charge in [-0.3, -0.25) is 0 Å². The molecule has 0 aliphatic heterocycles. The van der Waals surface area contributed by atoms with Crippen LogP contribution in [0.2, 0.25) is 0 Å². The Hall–Kier alpha value is -2.00. The van der Waals surface area contributed by atoms with E-state index in [4.69, 9.17) is 8.92 Å². The molecule has 8 nitrogen and oxygen atoms in total. The number of methoxy groups -OCH3 is 1. The van der Waals surface area contributed by atoms with Crippen LogP contribution in [0, 0.1) is 0 Å². The predicted molar refractivity (Wildman–Crippen MR) is 116 cm³/mol. The van der Waals surface area contributed by atoms with Crippen molar-refractivity contribution in [1.82, 2.24) is 10.2 Å². The summed E-state index contributed by atoms with van der Waals surface area (Å²) in [4.78, 5) is 16.3. The summed E-state index contributed by atoms with van der Waals surface area (Å²) < 4.78 is 34.8. The highest BCUT2D eigenvalue weighted by Gasteiger charge is 2.20. The number of urea groups is 1. The van der Waals surface area contributed by atoms with Gasteiger partial charge in [0.25, 0.3) is 0 Å². The van der Waals surface area contributed by atoms with Crippen molar-refractivity contribution in [1.29, 1.82) is 0 Å². The maximum atomic E-state index is 12.6. The highest BCUT2D eigenvalue weighted by molar-refractivity contribution is 7.87. The number of hydrogen-bond acceptors (Lipinski definition) is 6. The Morgan fingerprint density at radius 3 is 2.34 bits per heavy atom. The van der Waals surface area contributed by atoms with Crippen molar-refractivity contribution in [2.24, 2.45) is 0 Å². The van der Waals surface area contributed by atoms with Crippen molar-refractivity contribution < 1.29 is 22.1 Å². The molecule has 0 aromatic heterocycles. The average molecular weight is 430 g/mol. The highest BCUT2D eigenvalue weighted by atomic mass is 32.2. The largest absolute Gasteiger partial charge is 0.383 e. The first-order chi connectivity index (χ1) is 13.7. The third kappa shape index (κ3) is 8.10. The third-order valence-corrected chi connectivity index (χ3v) is 5.52. The van der Waals surface area contributed by atoms with Gasteiger partial charge in [0.15, 0.2) is 0 Å². The van der Waals surface area contributed by atoms with Gasteiger partial charge in [-0.05, 0) is 40.7 Å². The third-order valence-electron chi connectivity index (χ3n) is 4.38. The topological polar surface area (TPSA) is 88.2 Å². The number of ether oxygens (including phenoxy) is 1. The van der Waals surface area contributed by atoms with E-state index in [1.807, 2.05) is 39.8 Å². The van der Waals surface area contributed by atoms with Crippen LogP contribution in [0.15, 0.2) is 18.2 Å². The van der Waals surface area contributed by atoms with Crippen LogP contribution in [0.1, 0.15) is 40.2 Å². The Kier molecular flexibility index (Phi) is 10.2. The number of nitrogens with zero attached hydrogens (tertiary/aromatic N) is 2. The Balaban J connectivity index is 3.28. The molecule has 0 saturated heterocycles. The van der Waals surface area contributed by atoms with E-state index >= 15 is 0 Å². The van der Waals surface area contributed by atoms with Gasteiger partial charge >= 0.3 is 16.1 Å². The zero-order valence-electron chi connectivity index (χ0n) is 18.4. The summed E-state index contributed by atoms with van der Waals surface area (Å²) >= 11 is 0. The molecule has 0 saturated carbocycles. The fourth-order valence-electron chi connectivity index (χ4n) is 2.73. The van der Waals surface area contributed by atoms with E-state index in [-0.39, 0.29) is 30.1 Å². The van der Waals surface area contributed by atoms with Crippen LogP contribution in [0.3, 0.4) is 0 Å². The number of amides is 2. The second-order valence-corrected chi connectivity index (χ2v) is 8.77. The van der Waals surface area contributed by atoms with Crippen molar-refractivity contribution in [2.45, 2.75) is 47.2 Å². The van der Waals surface area contributed by atoms with E-state index in [1.54, 1.807) is 18.1 Å². The molecule has 0 radical (unpaired) electrons. The summed E-state index contributed by atoms with van der Waals surface area (Å²) in [5.41, 5.74) is 1.49. The minimum atomic E-state index is -3.71. The molecule has 1 aromatic carbocycles. The van der Waals surface area contributed by atoms with E-state index in [0.29, 0.717) is 18.7 Å². The summed E-state index contributed by atoms with van der Waals surface area (Å²) in [6, 6.07) is 5.20. The quantitative estimate of drug-likeness (QED) is 0.514. The van der Waals surface area contributed by atoms with Gasteiger partial charge in [-0.25, -0.2) is 4.79 Å². The van der Waals surface area contributed by atoms with Gasteiger partial charge in [-0.15, -0.1) is 0 Å². The van der Waals surface area contributed by atoms with Gasteiger partial charge in [-0.2, -0.15) is 8.42 Å². The van der Waals surface area contributed by atoms with Gasteiger partial charge in [0.05, 0.1) is 18.9 Å². The minimum Gasteiger partial charge on any atom is -0.383 e. The van der Waals surface area contributed by atoms with E-state index in [9.17, 15) is 13.2 Å². The normalized spacial score (nSPS) is 11.4. The van der Waals surface area contributed by atoms with Crippen molar-refractivity contribution in [2.75, 3.05) is 44.0 Å². The van der Waals surface area contributed by atoms with E-state index < -0.39 is 10.1 Å². The molecule has 29 heavy (non-hydrogen) atoms. The Labute approximate surface area is 175 Å². The lowest BCUT2D eigenvalue weighted by Gasteiger charge is -2.26. The molecular formula is C20H35N3O5S. The van der Waals surface area contributed by atoms with Crippen LogP contribution in [0.5, 0.6) is 5.75 Å². The summed E-state index contributed by atoms with van der Waals surface area (Å²) in [7, 11) is -2.14. The summed E-state index contributed by atoms with van der Waals surface area (Å²) in [5, 5.41) is 2.86. The Morgan fingerprint density at radius 1 is 1.17 bits per heavy atom. The molecule has 0 aliphatic rings. The maximum absolute atomic E-state index is 12.6. The Morgan fingerprint density at radius 2 is 1.83 bits per heavy atom. The highest BCUT2D eigenvalue weighted by Crippen LogP contribution is 2.28. The fraction of sp³-hybridized carbons (Fsp3) is 0.650. The second-order valence-electron chi connectivity index (χ2n) is 6.91. The molecule has 1 aromatic rings. The van der Waals surface area contributed by atoms with Gasteiger partial charge < -0.3 is 24.0 Å². The molecule has 166 valence electrons. The van der Waals surface area contributed by atoms with Crippen molar-refractivity contribution >= 4 is 21.8 Å². The summed E-state index contributed by atoms with van der Waals surface area (Å²) in [6.45, 7) is 11.9. The lowest BCUT2D eigenvalue weighted by molar-refractivity contribution is 0.145. The maximum Gasteiger partial charge on any atom is 0.317 e. The first-order valence-corrected chi connectivity index (χ1v) is 11.6. The lowest BCUT2D eigenvalue weighted by atomic mass is 10.1. The van der Waals surface area contributed by atoms with Gasteiger partial charge in [-0.1, -0.05) is 6.07 Å². The fourth-order valence-corrected chi connectivity index (χ4v) is 3.28. The monoisotopic (exact) mass is 429 g/mol. The number of hydrogen-bond donors (Lipinski definition) is 1. The smallest absolute Gasteiger partial charge is 0.317 e. The van der Waals surface area contributed by atoms with Crippen LogP contribution in [0.4, 0.5) is 10.5 Å². The lowest BCUT2D eigenvalue weighted by Crippen LogP contribution is -2.44. The Bertz CT molecular complexity index is 748. The number of benzene rings is 1. The summed E-state index contributed by atoms with van der Waals surface area (Å²) in [6.07, 6.45) is 0. The first-order valence-electron chi connectivity index (χ1n) is 10.0. The van der Waals surface area contributed by atoms with Crippen LogP contribution in [-0.2, 0) is 21.4 Å². The van der Waals surface area contributed by atoms with Crippen LogP contribution >= 0.6 is 0 Å². The molecule has 0 spiro atoms. The van der Waals surface area contributed by atoms with E-state index in [0.717, 1.165) is 18.8 Å². The zero-order chi connectivity index (χ0) is 22.0. The number of anilines is 1. The zero-order valence-corrected chi connectivity index (χ0v) is 19.2. The van der Waals surface area contributed by atoms with Gasteiger partial charge in [0, 0.05) is 50.1 Å². The van der Waals surface area contributed by atoms with Crippen molar-refractivity contribution in [3.63, 3.8) is 0 Å². The standard InChI is InChI=1S/C20H35N3O5S/c1-7-22(8-2)18-11-10-17(19(14-18)28-29(25,26)9-3)15-23(12-13-27-6)20(24)21-16(4)5/h10-11,14,16H,7-9,12-13,15H2,1-6H3,(H,21,24). The number of rotatable bonds is 12. The molecule has 0 bridgehead atoms. The number of carbonyl (C=O) groups excluding carboxylic acids is 1. The first kappa shape index (κ1) is 25.0. The molecule has 0 unspecified atom stereocenters. The van der Waals surface area contributed by atoms with Gasteiger partial charge in [0.2, 0.25) is 0 Å².